The Hall–Kier alpha value is -1.50. The number of hydrogen-bond donors (Lipinski definition) is 0. The summed E-state index contributed by atoms with van der Waals surface area (Å²) < 4.78 is 33.9. The number of rotatable bonds is 3. The molecule has 1 aliphatic rings. The Morgan fingerprint density at radius 2 is 2.11 bits per heavy atom. The maximum absolute atomic E-state index is 12.7. The van der Waals surface area contributed by atoms with E-state index in [4.69, 9.17) is 0 Å². The normalized spacial score (nSPS) is 20.1. The van der Waals surface area contributed by atoms with Crippen LogP contribution in [-0.4, -0.2) is 31.6 Å². The maximum Gasteiger partial charge on any atom is 0.302 e. The Kier molecular flexibility index (Phi) is 3.58. The molecule has 1 amide bonds. The third-order valence-electron chi connectivity index (χ3n) is 3.00. The predicted octanol–water partition coefficient (Wildman–Crippen LogP) is 1.35. The number of carbonyl (C=O) groups excluding carboxylic acids is 1. The van der Waals surface area contributed by atoms with Gasteiger partial charge < -0.3 is 0 Å². The van der Waals surface area contributed by atoms with Crippen molar-refractivity contribution < 1.29 is 17.1 Å². The van der Waals surface area contributed by atoms with Crippen LogP contribution in [0.2, 0.25) is 0 Å². The highest BCUT2D eigenvalue weighted by molar-refractivity contribution is 7.86. The van der Waals surface area contributed by atoms with Gasteiger partial charge in [0.15, 0.2) is 0 Å². The summed E-state index contributed by atoms with van der Waals surface area (Å²) in [6.45, 7) is 3.90. The second-order valence-electron chi connectivity index (χ2n) is 4.92. The second kappa shape index (κ2) is 4.88. The zero-order valence-electron chi connectivity index (χ0n) is 10.8. The number of pyridine rings is 1. The van der Waals surface area contributed by atoms with Crippen LogP contribution in [0.4, 0.5) is 9.70 Å². The molecule has 5 nitrogen and oxygen atoms in total. The predicted molar refractivity (Wildman–Crippen MR) is 69.1 cm³/mol. The largest absolute Gasteiger partial charge is 0.302 e. The zero-order chi connectivity index (χ0) is 14.2. The first kappa shape index (κ1) is 13.9. The first-order chi connectivity index (χ1) is 8.74. The van der Waals surface area contributed by atoms with E-state index in [0.29, 0.717) is 5.82 Å². The van der Waals surface area contributed by atoms with Crippen LogP contribution < -0.4 is 4.90 Å². The van der Waals surface area contributed by atoms with Crippen molar-refractivity contribution in [3.05, 3.63) is 23.4 Å². The van der Waals surface area contributed by atoms with E-state index >= 15 is 0 Å². The van der Waals surface area contributed by atoms with Crippen molar-refractivity contribution in [3.8, 4) is 0 Å². The van der Waals surface area contributed by atoms with Crippen molar-refractivity contribution >= 4 is 21.9 Å². The van der Waals surface area contributed by atoms with Gasteiger partial charge in [-0.15, -0.1) is 3.89 Å². The molecule has 0 bridgehead atoms. The minimum Gasteiger partial charge on any atom is -0.296 e. The monoisotopic (exact) mass is 286 g/mol. The van der Waals surface area contributed by atoms with Crippen molar-refractivity contribution in [1.82, 2.24) is 4.98 Å². The molecule has 1 aromatic rings. The van der Waals surface area contributed by atoms with E-state index in [1.807, 2.05) is 19.9 Å². The van der Waals surface area contributed by atoms with Crippen LogP contribution >= 0.6 is 0 Å². The molecule has 1 saturated heterocycles. The lowest BCUT2D eigenvalue weighted by Crippen LogP contribution is -2.26. The SMILES string of the molecule is Cc1cc(C)nc(N2CC(CS(=O)(=O)F)CC2=O)c1. The standard InChI is InChI=1S/C12H15FN2O3S/c1-8-3-9(2)14-11(4-8)15-6-10(5-12(15)16)7-19(13,17)18/h3-4,10H,5-7H2,1-2H3. The fourth-order valence-electron chi connectivity index (χ4n) is 2.35. The van der Waals surface area contributed by atoms with E-state index in [-0.39, 0.29) is 18.9 Å². The minimum absolute atomic E-state index is 0.0395. The molecule has 1 aliphatic heterocycles. The third kappa shape index (κ3) is 3.50. The number of halogens is 1. The highest BCUT2D eigenvalue weighted by Gasteiger charge is 2.34. The highest BCUT2D eigenvalue weighted by atomic mass is 32.3. The molecule has 0 N–H and O–H groups in total. The average Bonchev–Trinajstić information content (AvgIpc) is 2.54. The molecular weight excluding hydrogens is 271 g/mol. The lowest BCUT2D eigenvalue weighted by molar-refractivity contribution is -0.117. The van der Waals surface area contributed by atoms with Gasteiger partial charge in [0, 0.05) is 24.6 Å². The summed E-state index contributed by atoms with van der Waals surface area (Å²) in [5.74, 6) is -0.836. The summed E-state index contributed by atoms with van der Waals surface area (Å²) >= 11 is 0. The van der Waals surface area contributed by atoms with Crippen molar-refractivity contribution in [2.75, 3.05) is 17.2 Å². The van der Waals surface area contributed by atoms with Gasteiger partial charge in [-0.05, 0) is 31.5 Å². The summed E-state index contributed by atoms with van der Waals surface area (Å²) in [5, 5.41) is 0. The fraction of sp³-hybridized carbons (Fsp3) is 0.500. The van der Waals surface area contributed by atoms with Gasteiger partial charge in [-0.1, -0.05) is 0 Å². The van der Waals surface area contributed by atoms with E-state index in [1.165, 1.54) is 4.90 Å². The smallest absolute Gasteiger partial charge is 0.296 e. The van der Waals surface area contributed by atoms with Crippen molar-refractivity contribution in [2.24, 2.45) is 5.92 Å². The molecule has 1 atom stereocenters. The van der Waals surface area contributed by atoms with Crippen molar-refractivity contribution in [1.29, 1.82) is 0 Å². The number of aryl methyl sites for hydroxylation is 2. The van der Waals surface area contributed by atoms with E-state index < -0.39 is 21.9 Å². The van der Waals surface area contributed by atoms with Gasteiger partial charge in [0.2, 0.25) is 5.91 Å². The second-order valence-corrected chi connectivity index (χ2v) is 6.34. The number of aromatic nitrogens is 1. The van der Waals surface area contributed by atoms with Crippen LogP contribution in [-0.2, 0) is 15.0 Å². The van der Waals surface area contributed by atoms with Gasteiger partial charge in [0.25, 0.3) is 0 Å². The molecule has 1 unspecified atom stereocenters. The van der Waals surface area contributed by atoms with Crippen LogP contribution in [0, 0.1) is 19.8 Å². The van der Waals surface area contributed by atoms with Crippen molar-refractivity contribution in [3.63, 3.8) is 0 Å². The van der Waals surface area contributed by atoms with Crippen LogP contribution in [0.25, 0.3) is 0 Å². The Labute approximate surface area is 111 Å². The van der Waals surface area contributed by atoms with Gasteiger partial charge in [0.1, 0.15) is 5.82 Å². The van der Waals surface area contributed by atoms with Crippen LogP contribution in [0.15, 0.2) is 12.1 Å². The maximum atomic E-state index is 12.7. The van der Waals surface area contributed by atoms with Crippen molar-refractivity contribution in [2.45, 2.75) is 20.3 Å². The molecule has 0 spiro atoms. The molecule has 1 aromatic heterocycles. The van der Waals surface area contributed by atoms with E-state index in [0.717, 1.165) is 11.3 Å². The molecule has 104 valence electrons. The molecule has 2 rings (SSSR count). The van der Waals surface area contributed by atoms with Gasteiger partial charge >= 0.3 is 10.2 Å². The molecular formula is C12H15FN2O3S. The number of anilines is 1. The van der Waals surface area contributed by atoms with Gasteiger partial charge in [0.05, 0.1) is 5.75 Å². The first-order valence-electron chi connectivity index (χ1n) is 5.92. The lowest BCUT2D eigenvalue weighted by atomic mass is 10.1. The summed E-state index contributed by atoms with van der Waals surface area (Å²) in [5.41, 5.74) is 1.75. The average molecular weight is 286 g/mol. The third-order valence-corrected chi connectivity index (χ3v) is 3.87. The molecule has 2 heterocycles. The summed E-state index contributed by atoms with van der Waals surface area (Å²) in [4.78, 5) is 17.5. The molecule has 0 radical (unpaired) electrons. The van der Waals surface area contributed by atoms with E-state index in [1.54, 1.807) is 6.07 Å². The fourth-order valence-corrected chi connectivity index (χ4v) is 3.14. The number of carbonyl (C=O) groups is 1. The Morgan fingerprint density at radius 3 is 2.68 bits per heavy atom. The summed E-state index contributed by atoms with van der Waals surface area (Å²) in [6.07, 6.45) is 0.0395. The molecule has 1 fully saturated rings. The number of amides is 1. The lowest BCUT2D eigenvalue weighted by Gasteiger charge is -2.16. The summed E-state index contributed by atoms with van der Waals surface area (Å²) in [6, 6.07) is 3.64. The van der Waals surface area contributed by atoms with Crippen LogP contribution in [0.3, 0.4) is 0 Å². The van der Waals surface area contributed by atoms with Gasteiger partial charge in [-0.3, -0.25) is 9.69 Å². The molecule has 0 saturated carbocycles. The molecule has 0 aliphatic carbocycles. The number of hydrogen-bond acceptors (Lipinski definition) is 4. The van der Waals surface area contributed by atoms with Crippen LogP contribution in [0.1, 0.15) is 17.7 Å². The minimum atomic E-state index is -4.55. The molecule has 7 heteroatoms. The Morgan fingerprint density at radius 1 is 1.42 bits per heavy atom. The quantitative estimate of drug-likeness (QED) is 0.787. The number of nitrogens with zero attached hydrogens (tertiary/aromatic N) is 2. The zero-order valence-corrected chi connectivity index (χ0v) is 11.6. The summed E-state index contributed by atoms with van der Waals surface area (Å²) in [7, 11) is -4.55. The van der Waals surface area contributed by atoms with E-state index in [9.17, 15) is 17.1 Å². The highest BCUT2D eigenvalue weighted by Crippen LogP contribution is 2.25. The van der Waals surface area contributed by atoms with Gasteiger partial charge in [-0.2, -0.15) is 8.42 Å². The molecule has 0 aromatic carbocycles. The first-order valence-corrected chi connectivity index (χ1v) is 7.48. The van der Waals surface area contributed by atoms with Gasteiger partial charge in [-0.25, -0.2) is 4.98 Å². The van der Waals surface area contributed by atoms with Crippen LogP contribution in [0.5, 0.6) is 0 Å². The topological polar surface area (TPSA) is 67.3 Å². The van der Waals surface area contributed by atoms with E-state index in [2.05, 4.69) is 4.98 Å². The Balaban J connectivity index is 2.20. The Bertz CT molecular complexity index is 595. The molecule has 19 heavy (non-hydrogen) atoms.